The molecule has 0 heterocycles. The summed E-state index contributed by atoms with van der Waals surface area (Å²) in [6, 6.07) is 7.62. The van der Waals surface area contributed by atoms with Crippen molar-refractivity contribution >= 4 is 47.4 Å². The van der Waals surface area contributed by atoms with Gasteiger partial charge in [-0.15, -0.1) is 24.0 Å². The number of amides is 1. The molecule has 0 saturated heterocycles. The average molecular weight is 453 g/mol. The van der Waals surface area contributed by atoms with Crippen molar-refractivity contribution in [2.75, 3.05) is 19.6 Å². The van der Waals surface area contributed by atoms with Gasteiger partial charge in [-0.3, -0.25) is 4.79 Å². The lowest BCUT2D eigenvalue weighted by Gasteiger charge is -2.12. The topological polar surface area (TPSA) is 65.5 Å². The summed E-state index contributed by atoms with van der Waals surface area (Å²) < 4.78 is 0. The lowest BCUT2D eigenvalue weighted by atomic mass is 10.2. The molecule has 0 unspecified atom stereocenters. The molecule has 0 aromatic heterocycles. The molecule has 23 heavy (non-hydrogen) atoms. The molecular weight excluding hydrogens is 427 g/mol. The zero-order chi connectivity index (χ0) is 16.4. The van der Waals surface area contributed by atoms with E-state index in [4.69, 9.17) is 11.6 Å². The van der Waals surface area contributed by atoms with Crippen LogP contribution in [0.2, 0.25) is 5.02 Å². The highest BCUT2D eigenvalue weighted by atomic mass is 127. The summed E-state index contributed by atoms with van der Waals surface area (Å²) in [5.74, 6) is 0.799. The quantitative estimate of drug-likeness (QED) is 0.258. The Bertz CT molecular complexity index is 491. The van der Waals surface area contributed by atoms with Gasteiger partial charge in [0, 0.05) is 30.6 Å². The molecule has 1 rings (SSSR count). The molecule has 0 bridgehead atoms. The highest BCUT2D eigenvalue weighted by Crippen LogP contribution is 2.09. The molecular formula is C16H26ClIN4O. The minimum absolute atomic E-state index is 0. The molecule has 0 radical (unpaired) electrons. The number of nitrogens with one attached hydrogen (secondary N) is 3. The van der Waals surface area contributed by atoms with E-state index < -0.39 is 0 Å². The Morgan fingerprint density at radius 2 is 1.74 bits per heavy atom. The zero-order valence-electron chi connectivity index (χ0n) is 13.9. The van der Waals surface area contributed by atoms with Crippen molar-refractivity contribution < 1.29 is 4.79 Å². The van der Waals surface area contributed by atoms with Gasteiger partial charge in [0.1, 0.15) is 0 Å². The molecule has 0 aliphatic carbocycles. The molecule has 0 aliphatic rings. The van der Waals surface area contributed by atoms with E-state index in [2.05, 4.69) is 20.9 Å². The van der Waals surface area contributed by atoms with E-state index in [-0.39, 0.29) is 35.8 Å². The molecule has 0 aliphatic heterocycles. The van der Waals surface area contributed by atoms with Gasteiger partial charge in [-0.2, -0.15) is 0 Å². The summed E-state index contributed by atoms with van der Waals surface area (Å²) in [5.41, 5.74) is 1.09. The highest BCUT2D eigenvalue weighted by molar-refractivity contribution is 14.0. The molecule has 7 heteroatoms. The van der Waals surface area contributed by atoms with E-state index in [1.165, 1.54) is 0 Å². The fourth-order valence-corrected chi connectivity index (χ4v) is 1.80. The number of aliphatic imine (C=N–C) groups is 1. The van der Waals surface area contributed by atoms with Crippen molar-refractivity contribution in [1.29, 1.82) is 0 Å². The average Bonchev–Trinajstić information content (AvgIpc) is 2.50. The van der Waals surface area contributed by atoms with E-state index in [9.17, 15) is 4.79 Å². The predicted octanol–water partition coefficient (Wildman–Crippen LogP) is 2.79. The van der Waals surface area contributed by atoms with E-state index in [1.54, 1.807) is 0 Å². The van der Waals surface area contributed by atoms with Crippen LogP contribution in [0.15, 0.2) is 29.3 Å². The van der Waals surface area contributed by atoms with Gasteiger partial charge in [-0.1, -0.05) is 37.6 Å². The first-order valence-electron chi connectivity index (χ1n) is 7.57. The van der Waals surface area contributed by atoms with Crippen molar-refractivity contribution in [3.8, 4) is 0 Å². The van der Waals surface area contributed by atoms with Crippen LogP contribution < -0.4 is 16.0 Å². The van der Waals surface area contributed by atoms with Gasteiger partial charge in [0.2, 0.25) is 5.91 Å². The summed E-state index contributed by atoms with van der Waals surface area (Å²) in [4.78, 5) is 16.0. The zero-order valence-corrected chi connectivity index (χ0v) is 16.9. The van der Waals surface area contributed by atoms with Gasteiger partial charge < -0.3 is 16.0 Å². The smallest absolute Gasteiger partial charge is 0.222 e. The molecule has 0 atom stereocenters. The molecule has 1 amide bonds. The third-order valence-electron chi connectivity index (χ3n) is 2.92. The molecule has 130 valence electrons. The van der Waals surface area contributed by atoms with Crippen LogP contribution in [0.4, 0.5) is 0 Å². The predicted molar refractivity (Wildman–Crippen MR) is 108 cm³/mol. The number of benzene rings is 1. The number of hydrogen-bond donors (Lipinski definition) is 3. The summed E-state index contributed by atoms with van der Waals surface area (Å²) in [6.45, 7) is 8.32. The standard InChI is InChI=1S/C16H25ClN4O.HI/c1-4-18-16(20-10-9-19-15(22)12(2)3)21-11-13-5-7-14(17)8-6-13;/h5-8,12H,4,9-11H2,1-3H3,(H,19,22)(H2,18,20,21);1H. The van der Waals surface area contributed by atoms with Crippen molar-refractivity contribution in [3.05, 3.63) is 34.9 Å². The number of carbonyl (C=O) groups is 1. The van der Waals surface area contributed by atoms with Crippen LogP contribution >= 0.6 is 35.6 Å². The number of carbonyl (C=O) groups excluding carboxylic acids is 1. The molecule has 1 aromatic rings. The second kappa shape index (κ2) is 12.4. The first-order chi connectivity index (χ1) is 10.5. The number of guanidine groups is 1. The summed E-state index contributed by atoms with van der Waals surface area (Å²) >= 11 is 5.86. The third kappa shape index (κ3) is 9.65. The van der Waals surface area contributed by atoms with Crippen LogP contribution in [0.25, 0.3) is 0 Å². The Balaban J connectivity index is 0.00000484. The van der Waals surface area contributed by atoms with Crippen LogP contribution in [0.5, 0.6) is 0 Å². The molecule has 0 saturated carbocycles. The van der Waals surface area contributed by atoms with Crippen molar-refractivity contribution in [2.45, 2.75) is 27.3 Å². The van der Waals surface area contributed by atoms with Crippen molar-refractivity contribution in [2.24, 2.45) is 10.9 Å². The van der Waals surface area contributed by atoms with Crippen LogP contribution in [0.3, 0.4) is 0 Å². The number of halogens is 2. The minimum Gasteiger partial charge on any atom is -0.357 e. The van der Waals surface area contributed by atoms with Gasteiger partial charge in [-0.25, -0.2) is 4.99 Å². The Labute approximate surface area is 160 Å². The fourth-order valence-electron chi connectivity index (χ4n) is 1.67. The Morgan fingerprint density at radius 3 is 2.30 bits per heavy atom. The Hall–Kier alpha value is -1.02. The maximum atomic E-state index is 11.5. The van der Waals surface area contributed by atoms with Crippen LogP contribution in [-0.2, 0) is 11.3 Å². The first-order valence-corrected chi connectivity index (χ1v) is 7.95. The van der Waals surface area contributed by atoms with E-state index >= 15 is 0 Å². The molecule has 0 spiro atoms. The second-order valence-corrected chi connectivity index (χ2v) is 5.63. The van der Waals surface area contributed by atoms with Crippen molar-refractivity contribution in [1.82, 2.24) is 16.0 Å². The lowest BCUT2D eigenvalue weighted by Crippen LogP contribution is -2.42. The fraction of sp³-hybridized carbons (Fsp3) is 0.500. The SMILES string of the molecule is CCNC(=NCc1ccc(Cl)cc1)NCCNC(=O)C(C)C.I. The second-order valence-electron chi connectivity index (χ2n) is 5.19. The summed E-state index contributed by atoms with van der Waals surface area (Å²) in [6.07, 6.45) is 0. The Morgan fingerprint density at radius 1 is 1.13 bits per heavy atom. The molecule has 1 aromatic carbocycles. The third-order valence-corrected chi connectivity index (χ3v) is 3.17. The number of hydrogen-bond acceptors (Lipinski definition) is 2. The van der Waals surface area contributed by atoms with Gasteiger partial charge in [0.05, 0.1) is 6.54 Å². The summed E-state index contributed by atoms with van der Waals surface area (Å²) in [5, 5.41) is 9.95. The largest absolute Gasteiger partial charge is 0.357 e. The summed E-state index contributed by atoms with van der Waals surface area (Å²) in [7, 11) is 0. The molecule has 3 N–H and O–H groups in total. The maximum Gasteiger partial charge on any atom is 0.222 e. The highest BCUT2D eigenvalue weighted by Gasteiger charge is 2.05. The van der Waals surface area contributed by atoms with E-state index in [1.807, 2.05) is 45.0 Å². The normalized spacial score (nSPS) is 10.9. The number of nitrogens with zero attached hydrogens (tertiary/aromatic N) is 1. The molecule has 5 nitrogen and oxygen atoms in total. The van der Waals surface area contributed by atoms with Gasteiger partial charge >= 0.3 is 0 Å². The first kappa shape index (κ1) is 22.0. The lowest BCUT2D eigenvalue weighted by molar-refractivity contribution is -0.123. The van der Waals surface area contributed by atoms with Crippen LogP contribution in [-0.4, -0.2) is 31.5 Å². The van der Waals surface area contributed by atoms with Crippen LogP contribution in [0.1, 0.15) is 26.3 Å². The van der Waals surface area contributed by atoms with E-state index in [0.29, 0.717) is 19.6 Å². The molecule has 0 fully saturated rings. The minimum atomic E-state index is 0. The van der Waals surface area contributed by atoms with Gasteiger partial charge in [0.15, 0.2) is 5.96 Å². The van der Waals surface area contributed by atoms with Gasteiger partial charge in [0.25, 0.3) is 0 Å². The van der Waals surface area contributed by atoms with Crippen LogP contribution in [0, 0.1) is 5.92 Å². The Kier molecular flexibility index (Phi) is 11.9. The number of rotatable bonds is 7. The maximum absolute atomic E-state index is 11.5. The van der Waals surface area contributed by atoms with Gasteiger partial charge in [-0.05, 0) is 24.6 Å². The van der Waals surface area contributed by atoms with E-state index in [0.717, 1.165) is 23.1 Å². The van der Waals surface area contributed by atoms with Crippen molar-refractivity contribution in [3.63, 3.8) is 0 Å². The monoisotopic (exact) mass is 452 g/mol.